The fourth-order valence-electron chi connectivity index (χ4n) is 4.25. The molecule has 3 aromatic rings. The third-order valence-corrected chi connectivity index (χ3v) is 6.00. The molecule has 9 nitrogen and oxygen atoms in total. The smallest absolute Gasteiger partial charge is 0.353 e. The molecule has 3 heterocycles. The van der Waals surface area contributed by atoms with Gasteiger partial charge in [0.25, 0.3) is 0 Å². The number of carbonyl (C=O) groups is 2. The number of benzene rings is 1. The van der Waals surface area contributed by atoms with Crippen LogP contribution in [0.25, 0.3) is 22.4 Å². The topological polar surface area (TPSA) is 110 Å². The summed E-state index contributed by atoms with van der Waals surface area (Å²) in [5, 5.41) is 0.641. The van der Waals surface area contributed by atoms with Gasteiger partial charge in [-0.3, -0.25) is 14.2 Å². The summed E-state index contributed by atoms with van der Waals surface area (Å²) in [6.07, 6.45) is 4.39. The van der Waals surface area contributed by atoms with Gasteiger partial charge in [-0.25, -0.2) is 4.79 Å². The Bertz CT molecular complexity index is 1240. The van der Waals surface area contributed by atoms with Gasteiger partial charge < -0.3 is 18.6 Å². The molecule has 3 atom stereocenters. The Hall–Kier alpha value is -3.46. The maximum atomic E-state index is 12.8. The predicted molar refractivity (Wildman–Crippen MR) is 128 cm³/mol. The molecule has 4 rings (SSSR count). The summed E-state index contributed by atoms with van der Waals surface area (Å²) in [5.74, 6) is -0.342. The van der Waals surface area contributed by atoms with Gasteiger partial charge in [0.05, 0.1) is 5.39 Å². The summed E-state index contributed by atoms with van der Waals surface area (Å²) in [6, 6.07) is 10.0. The van der Waals surface area contributed by atoms with E-state index in [0.29, 0.717) is 11.1 Å². The lowest BCUT2D eigenvalue weighted by Gasteiger charge is -2.17. The fourth-order valence-corrected chi connectivity index (χ4v) is 4.25. The van der Waals surface area contributed by atoms with Crippen molar-refractivity contribution in [3.05, 3.63) is 52.6 Å². The number of ether oxygens (including phenoxy) is 3. The Labute approximate surface area is 203 Å². The van der Waals surface area contributed by atoms with Crippen molar-refractivity contribution in [3.8, 4) is 11.3 Å². The van der Waals surface area contributed by atoms with Gasteiger partial charge in [0.2, 0.25) is 5.71 Å². The lowest BCUT2D eigenvalue weighted by molar-refractivity contribution is -0.155. The summed E-state index contributed by atoms with van der Waals surface area (Å²) >= 11 is 0. The summed E-state index contributed by atoms with van der Waals surface area (Å²) in [6.45, 7) is 4.68. The molecular weight excluding hydrogens is 452 g/mol. The molecule has 0 bridgehead atoms. The quantitative estimate of drug-likeness (QED) is 0.330. The number of fused-ring (bicyclic) bond motifs is 1. The van der Waals surface area contributed by atoms with E-state index in [9.17, 15) is 14.4 Å². The molecule has 0 N–H and O–H groups in total. The van der Waals surface area contributed by atoms with E-state index in [1.165, 1.54) is 43.2 Å². The molecule has 1 aliphatic rings. The second kappa shape index (κ2) is 10.9. The SMILES string of the molecule is CCCCCc1ccc(-c2cc3cn([C@H]4C[C@H](OC(C)=O)[C@@H](COC(C)=O)O4)c(=O)nc3o2)cc1. The molecular formula is C26H30N2O7. The Kier molecular flexibility index (Phi) is 7.65. The lowest BCUT2D eigenvalue weighted by atomic mass is 10.0. The zero-order valence-corrected chi connectivity index (χ0v) is 20.2. The van der Waals surface area contributed by atoms with Crippen LogP contribution in [0.15, 0.2) is 45.7 Å². The second-order valence-electron chi connectivity index (χ2n) is 8.77. The number of nitrogens with zero attached hydrogens (tertiary/aromatic N) is 2. The Morgan fingerprint density at radius 2 is 1.91 bits per heavy atom. The van der Waals surface area contributed by atoms with Crippen molar-refractivity contribution in [1.82, 2.24) is 9.55 Å². The van der Waals surface area contributed by atoms with Gasteiger partial charge >= 0.3 is 17.6 Å². The number of aromatic nitrogens is 2. The summed E-state index contributed by atoms with van der Waals surface area (Å²) in [5.41, 5.74) is 1.86. The van der Waals surface area contributed by atoms with E-state index in [2.05, 4.69) is 24.0 Å². The molecule has 1 saturated heterocycles. The average molecular weight is 483 g/mol. The van der Waals surface area contributed by atoms with E-state index >= 15 is 0 Å². The minimum absolute atomic E-state index is 0.0848. The molecule has 1 fully saturated rings. The summed E-state index contributed by atoms with van der Waals surface area (Å²) < 4.78 is 23.5. The minimum Gasteiger partial charge on any atom is -0.463 e. The first-order valence-corrected chi connectivity index (χ1v) is 11.9. The molecule has 0 aliphatic carbocycles. The van der Waals surface area contributed by atoms with Crippen LogP contribution in [0, 0.1) is 0 Å². The van der Waals surface area contributed by atoms with Gasteiger partial charge in [0, 0.05) is 32.0 Å². The van der Waals surface area contributed by atoms with Crippen LogP contribution in [0.3, 0.4) is 0 Å². The van der Waals surface area contributed by atoms with Crippen LogP contribution < -0.4 is 5.69 Å². The molecule has 2 aromatic heterocycles. The normalized spacial score (nSPS) is 19.7. The van der Waals surface area contributed by atoms with E-state index in [1.807, 2.05) is 18.2 Å². The molecule has 0 radical (unpaired) electrons. The molecule has 0 amide bonds. The van der Waals surface area contributed by atoms with Gasteiger partial charge in [-0.05, 0) is 24.5 Å². The molecule has 0 spiro atoms. The number of furan rings is 1. The number of hydrogen-bond acceptors (Lipinski definition) is 8. The maximum absolute atomic E-state index is 12.8. The fraction of sp³-hybridized carbons (Fsp3) is 0.462. The van der Waals surface area contributed by atoms with E-state index in [4.69, 9.17) is 18.6 Å². The average Bonchev–Trinajstić information content (AvgIpc) is 3.40. The zero-order valence-electron chi connectivity index (χ0n) is 20.2. The first kappa shape index (κ1) is 24.7. The molecule has 35 heavy (non-hydrogen) atoms. The van der Waals surface area contributed by atoms with Crippen molar-refractivity contribution in [3.63, 3.8) is 0 Å². The number of hydrogen-bond donors (Lipinski definition) is 0. The number of carbonyl (C=O) groups excluding carboxylic acids is 2. The lowest BCUT2D eigenvalue weighted by Crippen LogP contribution is -2.31. The summed E-state index contributed by atoms with van der Waals surface area (Å²) in [4.78, 5) is 39.6. The molecule has 1 aliphatic heterocycles. The van der Waals surface area contributed by atoms with E-state index in [-0.39, 0.29) is 18.7 Å². The van der Waals surface area contributed by atoms with Gasteiger partial charge in [-0.1, -0.05) is 44.0 Å². The molecule has 186 valence electrons. The zero-order chi connectivity index (χ0) is 24.9. The maximum Gasteiger partial charge on any atom is 0.353 e. The molecule has 9 heteroatoms. The van der Waals surface area contributed by atoms with Crippen LogP contribution in [0.4, 0.5) is 0 Å². The van der Waals surface area contributed by atoms with Crippen molar-refractivity contribution in [2.24, 2.45) is 0 Å². The highest BCUT2D eigenvalue weighted by Crippen LogP contribution is 2.32. The van der Waals surface area contributed by atoms with Crippen molar-refractivity contribution >= 4 is 23.0 Å². The molecule has 0 unspecified atom stereocenters. The molecule has 0 saturated carbocycles. The Morgan fingerprint density at radius 1 is 1.14 bits per heavy atom. The van der Waals surface area contributed by atoms with Crippen molar-refractivity contribution < 1.29 is 28.2 Å². The third kappa shape index (κ3) is 5.97. The number of rotatable bonds is 9. The number of unbranched alkanes of at least 4 members (excludes halogenated alkanes) is 2. The number of aryl methyl sites for hydroxylation is 1. The summed E-state index contributed by atoms with van der Waals surface area (Å²) in [7, 11) is 0. The van der Waals surface area contributed by atoms with Crippen molar-refractivity contribution in [2.75, 3.05) is 6.61 Å². The molecule has 1 aromatic carbocycles. The van der Waals surface area contributed by atoms with Crippen molar-refractivity contribution in [1.29, 1.82) is 0 Å². The Balaban J connectivity index is 1.55. The van der Waals surface area contributed by atoms with E-state index in [0.717, 1.165) is 12.0 Å². The Morgan fingerprint density at radius 3 is 2.60 bits per heavy atom. The standard InChI is InChI=1S/C26H30N2O7/c1-4-5-6-7-18-8-10-19(11-9-18)21-12-20-14-28(26(31)27-25(20)35-21)24-13-22(33-17(3)30)23(34-24)15-32-16(2)29/h8-12,14,22-24H,4-7,13,15H2,1-3H3/t22-,23+,24+/m0/s1. The third-order valence-electron chi connectivity index (χ3n) is 6.00. The second-order valence-corrected chi connectivity index (χ2v) is 8.77. The van der Waals surface area contributed by atoms with Gasteiger partial charge in [0.1, 0.15) is 30.8 Å². The first-order chi connectivity index (χ1) is 16.8. The van der Waals surface area contributed by atoms with Crippen molar-refractivity contribution in [2.45, 2.75) is 71.3 Å². The highest BCUT2D eigenvalue weighted by Gasteiger charge is 2.39. The monoisotopic (exact) mass is 482 g/mol. The van der Waals surface area contributed by atoms with Gasteiger partial charge in [-0.2, -0.15) is 4.98 Å². The van der Waals surface area contributed by atoms with Crippen LogP contribution in [-0.4, -0.2) is 40.3 Å². The highest BCUT2D eigenvalue weighted by molar-refractivity contribution is 5.79. The van der Waals surface area contributed by atoms with Crippen LogP contribution in [0.1, 0.15) is 58.2 Å². The van der Waals surface area contributed by atoms with Gasteiger partial charge in [-0.15, -0.1) is 0 Å². The number of esters is 2. The van der Waals surface area contributed by atoms with Crippen LogP contribution in [-0.2, 0) is 30.2 Å². The van der Waals surface area contributed by atoms with Gasteiger partial charge in [0.15, 0.2) is 0 Å². The minimum atomic E-state index is -0.731. The largest absolute Gasteiger partial charge is 0.463 e. The van der Waals surface area contributed by atoms with E-state index in [1.54, 1.807) is 6.20 Å². The van der Waals surface area contributed by atoms with Crippen LogP contribution in [0.2, 0.25) is 0 Å². The van der Waals surface area contributed by atoms with Crippen LogP contribution in [0.5, 0.6) is 0 Å². The van der Waals surface area contributed by atoms with Crippen LogP contribution >= 0.6 is 0 Å². The highest BCUT2D eigenvalue weighted by atomic mass is 16.6. The predicted octanol–water partition coefficient (Wildman–Crippen LogP) is 4.17. The first-order valence-electron chi connectivity index (χ1n) is 11.9. The van der Waals surface area contributed by atoms with E-state index < -0.39 is 36.1 Å².